The third-order valence-corrected chi connectivity index (χ3v) is 2.86. The van der Waals surface area contributed by atoms with Crippen LogP contribution in [0.5, 0.6) is 0 Å². The van der Waals surface area contributed by atoms with E-state index >= 15 is 0 Å². The number of amides is 1. The molecule has 1 atom stereocenters. The van der Waals surface area contributed by atoms with E-state index in [0.717, 1.165) is 5.56 Å². The van der Waals surface area contributed by atoms with Gasteiger partial charge in [-0.3, -0.25) is 4.79 Å². The number of aliphatic hydroxyl groups is 1. The Balaban J connectivity index is 1.86. The van der Waals surface area contributed by atoms with Gasteiger partial charge in [0.05, 0.1) is 6.61 Å². The van der Waals surface area contributed by atoms with E-state index in [1.54, 1.807) is 12.1 Å². The average molecular weight is 293 g/mol. The summed E-state index contributed by atoms with van der Waals surface area (Å²) in [5.74, 6) is -0.614. The molecule has 6 nitrogen and oxygen atoms in total. The van der Waals surface area contributed by atoms with Gasteiger partial charge in [0.2, 0.25) is 5.89 Å². The van der Waals surface area contributed by atoms with Gasteiger partial charge in [0.25, 0.3) is 5.91 Å². The number of halogens is 1. The molecular weight excluding hydrogens is 277 g/mol. The lowest BCUT2D eigenvalue weighted by atomic mass is 10.1. The lowest BCUT2D eigenvalue weighted by Gasteiger charge is -2.03. The van der Waals surface area contributed by atoms with Crippen LogP contribution in [-0.4, -0.2) is 29.1 Å². The molecule has 112 valence electrons. The Bertz CT molecular complexity index is 615. The van der Waals surface area contributed by atoms with Crippen LogP contribution in [0.2, 0.25) is 0 Å². The molecule has 1 heterocycles. The number of carbonyl (C=O) groups excluding carboxylic acids is 1. The molecule has 0 aliphatic rings. The van der Waals surface area contributed by atoms with Gasteiger partial charge < -0.3 is 20.6 Å². The van der Waals surface area contributed by atoms with Crippen molar-refractivity contribution in [3.8, 4) is 0 Å². The van der Waals surface area contributed by atoms with Gasteiger partial charge in [-0.05, 0) is 24.1 Å². The Morgan fingerprint density at radius 1 is 1.52 bits per heavy atom. The van der Waals surface area contributed by atoms with Crippen molar-refractivity contribution in [2.24, 2.45) is 5.73 Å². The summed E-state index contributed by atoms with van der Waals surface area (Å²) in [6.07, 6.45) is 1.69. The van der Waals surface area contributed by atoms with E-state index in [1.165, 1.54) is 18.4 Å². The molecule has 7 heteroatoms. The minimum absolute atomic E-state index is 0.0909. The fourth-order valence-corrected chi connectivity index (χ4v) is 1.74. The van der Waals surface area contributed by atoms with Crippen LogP contribution in [0, 0.1) is 5.82 Å². The highest BCUT2D eigenvalue weighted by Gasteiger charge is 2.15. The number of rotatable bonds is 6. The predicted molar refractivity (Wildman–Crippen MR) is 73.0 cm³/mol. The van der Waals surface area contributed by atoms with Crippen LogP contribution in [0.3, 0.4) is 0 Å². The summed E-state index contributed by atoms with van der Waals surface area (Å²) >= 11 is 0. The second kappa shape index (κ2) is 6.96. The standard InChI is InChI=1S/C14H16FN3O3/c15-10-3-1-2-9(6-10)4-5-17-13(20)12-8-21-14(18-12)11(16)7-19/h1-3,6,8,11,19H,4-5,7,16H2,(H,17,20). The van der Waals surface area contributed by atoms with Gasteiger partial charge >= 0.3 is 0 Å². The molecule has 0 saturated carbocycles. The maximum atomic E-state index is 13.0. The van der Waals surface area contributed by atoms with Crippen LogP contribution >= 0.6 is 0 Å². The van der Waals surface area contributed by atoms with E-state index in [-0.39, 0.29) is 24.0 Å². The maximum absolute atomic E-state index is 13.0. The van der Waals surface area contributed by atoms with Gasteiger partial charge in [0, 0.05) is 6.54 Å². The Morgan fingerprint density at radius 3 is 3.05 bits per heavy atom. The molecule has 0 saturated heterocycles. The van der Waals surface area contributed by atoms with Gasteiger partial charge in [-0.1, -0.05) is 12.1 Å². The van der Waals surface area contributed by atoms with Crippen molar-refractivity contribution in [2.45, 2.75) is 12.5 Å². The zero-order chi connectivity index (χ0) is 15.2. The highest BCUT2D eigenvalue weighted by atomic mass is 19.1. The molecule has 1 aromatic carbocycles. The SMILES string of the molecule is NC(CO)c1nc(C(=O)NCCc2cccc(F)c2)co1. The van der Waals surface area contributed by atoms with Gasteiger partial charge in [-0.15, -0.1) is 0 Å². The van der Waals surface area contributed by atoms with E-state index < -0.39 is 11.9 Å². The zero-order valence-corrected chi connectivity index (χ0v) is 11.3. The van der Waals surface area contributed by atoms with Crippen molar-refractivity contribution in [1.29, 1.82) is 0 Å². The quantitative estimate of drug-likeness (QED) is 0.730. The Labute approximate surface area is 120 Å². The second-order valence-electron chi connectivity index (χ2n) is 4.50. The number of hydrogen-bond donors (Lipinski definition) is 3. The van der Waals surface area contributed by atoms with Crippen LogP contribution < -0.4 is 11.1 Å². The van der Waals surface area contributed by atoms with Crippen molar-refractivity contribution < 1.29 is 18.7 Å². The summed E-state index contributed by atoms with van der Waals surface area (Å²) in [6, 6.07) is 5.43. The molecule has 2 rings (SSSR count). The number of benzene rings is 1. The summed E-state index contributed by atoms with van der Waals surface area (Å²) < 4.78 is 18.0. The first kappa shape index (κ1) is 15.1. The Hall–Kier alpha value is -2.25. The van der Waals surface area contributed by atoms with E-state index in [2.05, 4.69) is 10.3 Å². The summed E-state index contributed by atoms with van der Waals surface area (Å²) in [5.41, 5.74) is 6.41. The van der Waals surface area contributed by atoms with Crippen molar-refractivity contribution in [3.05, 3.63) is 53.5 Å². The Morgan fingerprint density at radius 2 is 2.33 bits per heavy atom. The van der Waals surface area contributed by atoms with Crippen molar-refractivity contribution in [3.63, 3.8) is 0 Å². The molecular formula is C14H16FN3O3. The molecule has 0 aliphatic heterocycles. The van der Waals surface area contributed by atoms with E-state index in [0.29, 0.717) is 13.0 Å². The maximum Gasteiger partial charge on any atom is 0.273 e. The van der Waals surface area contributed by atoms with E-state index in [9.17, 15) is 9.18 Å². The molecule has 1 amide bonds. The van der Waals surface area contributed by atoms with Crippen LogP contribution in [0.1, 0.15) is 28.0 Å². The average Bonchev–Trinajstić information content (AvgIpc) is 2.96. The van der Waals surface area contributed by atoms with Gasteiger partial charge in [-0.25, -0.2) is 9.37 Å². The minimum Gasteiger partial charge on any atom is -0.446 e. The molecule has 2 aromatic rings. The molecule has 0 fully saturated rings. The number of aromatic nitrogens is 1. The minimum atomic E-state index is -0.751. The molecule has 0 radical (unpaired) electrons. The molecule has 0 spiro atoms. The van der Waals surface area contributed by atoms with Crippen molar-refractivity contribution >= 4 is 5.91 Å². The number of aliphatic hydroxyl groups excluding tert-OH is 1. The first-order valence-corrected chi connectivity index (χ1v) is 6.44. The van der Waals surface area contributed by atoms with Crippen LogP contribution in [-0.2, 0) is 6.42 Å². The lowest BCUT2D eigenvalue weighted by Crippen LogP contribution is -2.26. The van der Waals surface area contributed by atoms with Crippen LogP contribution in [0.25, 0.3) is 0 Å². The highest BCUT2D eigenvalue weighted by molar-refractivity contribution is 5.91. The number of carbonyl (C=O) groups is 1. The first-order valence-electron chi connectivity index (χ1n) is 6.44. The number of oxazole rings is 1. The summed E-state index contributed by atoms with van der Waals surface area (Å²) in [5, 5.41) is 11.5. The van der Waals surface area contributed by atoms with E-state index in [4.69, 9.17) is 15.3 Å². The van der Waals surface area contributed by atoms with Crippen molar-refractivity contribution in [1.82, 2.24) is 10.3 Å². The van der Waals surface area contributed by atoms with Crippen LogP contribution in [0.15, 0.2) is 34.9 Å². The number of nitrogens with one attached hydrogen (secondary N) is 1. The monoisotopic (exact) mass is 293 g/mol. The third-order valence-electron chi connectivity index (χ3n) is 2.86. The second-order valence-corrected chi connectivity index (χ2v) is 4.50. The van der Waals surface area contributed by atoms with Crippen molar-refractivity contribution in [2.75, 3.05) is 13.2 Å². The molecule has 21 heavy (non-hydrogen) atoms. The van der Waals surface area contributed by atoms with Crippen LogP contribution in [0.4, 0.5) is 4.39 Å². The zero-order valence-electron chi connectivity index (χ0n) is 11.3. The fraction of sp³-hybridized carbons (Fsp3) is 0.286. The predicted octanol–water partition coefficient (Wildman–Crippen LogP) is 0.778. The third kappa shape index (κ3) is 4.11. The highest BCUT2D eigenvalue weighted by Crippen LogP contribution is 2.09. The molecule has 1 aromatic heterocycles. The van der Waals surface area contributed by atoms with Gasteiger partial charge in [0.15, 0.2) is 5.69 Å². The molecule has 4 N–H and O–H groups in total. The lowest BCUT2D eigenvalue weighted by molar-refractivity contribution is 0.0949. The molecule has 0 aliphatic carbocycles. The molecule has 0 bridgehead atoms. The Kier molecular flexibility index (Phi) is 5.02. The number of hydrogen-bond acceptors (Lipinski definition) is 5. The van der Waals surface area contributed by atoms with E-state index in [1.807, 2.05) is 0 Å². The van der Waals surface area contributed by atoms with Gasteiger partial charge in [-0.2, -0.15) is 0 Å². The van der Waals surface area contributed by atoms with Gasteiger partial charge in [0.1, 0.15) is 18.1 Å². The number of nitrogens with two attached hydrogens (primary N) is 1. The summed E-state index contributed by atoms with van der Waals surface area (Å²) in [7, 11) is 0. The first-order chi connectivity index (χ1) is 10.1. The topological polar surface area (TPSA) is 101 Å². The summed E-state index contributed by atoms with van der Waals surface area (Å²) in [6.45, 7) is 0.0255. The smallest absolute Gasteiger partial charge is 0.273 e. The largest absolute Gasteiger partial charge is 0.446 e. The summed E-state index contributed by atoms with van der Waals surface area (Å²) in [4.78, 5) is 15.7. The number of nitrogens with zero attached hydrogens (tertiary/aromatic N) is 1. The molecule has 1 unspecified atom stereocenters. The fourth-order valence-electron chi connectivity index (χ4n) is 1.74. The normalized spacial score (nSPS) is 12.1.